The molecule has 0 radical (unpaired) electrons. The van der Waals surface area contributed by atoms with Gasteiger partial charge >= 0.3 is 0 Å². The highest BCUT2D eigenvalue weighted by Gasteiger charge is 2.29. The van der Waals surface area contributed by atoms with Gasteiger partial charge in [0.05, 0.1) is 6.04 Å². The van der Waals surface area contributed by atoms with Crippen LogP contribution in [0.1, 0.15) is 29.2 Å². The number of nitrogens with zero attached hydrogens (tertiary/aromatic N) is 1. The molecule has 0 amide bonds. The number of carbonyl (C=O) groups excluding carboxylic acids is 1. The summed E-state index contributed by atoms with van der Waals surface area (Å²) in [6.45, 7) is 0.755. The summed E-state index contributed by atoms with van der Waals surface area (Å²) in [7, 11) is 0. The standard InChI is InChI=1S/C24H20ClNO/c25-21-13-11-19(12-14-21)22-17-26(16-18-7-3-1-4-8-18)23(15-24(22)27)20-9-5-2-6-10-20/h1-14,17,23H,15-16H2/t23-/m1/s1. The first kappa shape index (κ1) is 17.6. The molecule has 0 fully saturated rings. The zero-order valence-electron chi connectivity index (χ0n) is 14.9. The summed E-state index contributed by atoms with van der Waals surface area (Å²) in [5.74, 6) is 0.162. The molecule has 4 rings (SSSR count). The summed E-state index contributed by atoms with van der Waals surface area (Å²) in [4.78, 5) is 15.2. The van der Waals surface area contributed by atoms with Crippen LogP contribution in [0.15, 0.2) is 91.1 Å². The van der Waals surface area contributed by atoms with Gasteiger partial charge in [0.15, 0.2) is 5.78 Å². The van der Waals surface area contributed by atoms with Crippen LogP contribution in [0.25, 0.3) is 5.57 Å². The Balaban J connectivity index is 1.73. The molecule has 1 aliphatic heterocycles. The normalized spacial score (nSPS) is 16.9. The van der Waals surface area contributed by atoms with Crippen LogP contribution in [0.3, 0.4) is 0 Å². The summed E-state index contributed by atoms with van der Waals surface area (Å²) in [6, 6.07) is 28.1. The smallest absolute Gasteiger partial charge is 0.167 e. The highest BCUT2D eigenvalue weighted by molar-refractivity contribution is 6.30. The molecule has 0 saturated heterocycles. The Hall–Kier alpha value is -2.84. The predicted octanol–water partition coefficient (Wildman–Crippen LogP) is 5.90. The third kappa shape index (κ3) is 3.96. The molecule has 3 aromatic rings. The number of allylic oxidation sites excluding steroid dienone is 1. The highest BCUT2D eigenvalue weighted by Crippen LogP contribution is 2.35. The van der Waals surface area contributed by atoms with Crippen molar-refractivity contribution < 1.29 is 4.79 Å². The van der Waals surface area contributed by atoms with E-state index >= 15 is 0 Å². The van der Waals surface area contributed by atoms with Crippen LogP contribution >= 0.6 is 11.6 Å². The van der Waals surface area contributed by atoms with E-state index in [0.717, 1.165) is 23.2 Å². The number of rotatable bonds is 4. The van der Waals surface area contributed by atoms with Crippen LogP contribution < -0.4 is 0 Å². The summed E-state index contributed by atoms with van der Waals surface area (Å²) >= 11 is 6.01. The average molecular weight is 374 g/mol. The number of halogens is 1. The van der Waals surface area contributed by atoms with E-state index in [-0.39, 0.29) is 11.8 Å². The van der Waals surface area contributed by atoms with E-state index in [9.17, 15) is 4.79 Å². The molecule has 1 heterocycles. The molecule has 0 aliphatic carbocycles. The van der Waals surface area contributed by atoms with E-state index in [1.165, 1.54) is 5.56 Å². The second kappa shape index (κ2) is 7.81. The minimum atomic E-state index is 0.0370. The predicted molar refractivity (Wildman–Crippen MR) is 110 cm³/mol. The van der Waals surface area contributed by atoms with Gasteiger partial charge in [0.1, 0.15) is 0 Å². The summed E-state index contributed by atoms with van der Waals surface area (Å²) in [6.07, 6.45) is 2.48. The molecule has 0 unspecified atom stereocenters. The van der Waals surface area contributed by atoms with Gasteiger partial charge in [-0.15, -0.1) is 0 Å². The minimum absolute atomic E-state index is 0.0370. The van der Waals surface area contributed by atoms with Crippen molar-refractivity contribution in [3.8, 4) is 0 Å². The summed E-state index contributed by atoms with van der Waals surface area (Å²) in [5, 5.41) is 0.672. The van der Waals surface area contributed by atoms with Crippen molar-refractivity contribution >= 4 is 23.0 Å². The molecule has 2 nitrogen and oxygen atoms in total. The minimum Gasteiger partial charge on any atom is -0.365 e. The van der Waals surface area contributed by atoms with Gasteiger partial charge in [-0.25, -0.2) is 0 Å². The van der Waals surface area contributed by atoms with Crippen LogP contribution in [0.4, 0.5) is 0 Å². The second-order valence-electron chi connectivity index (χ2n) is 6.76. The van der Waals surface area contributed by atoms with Gasteiger partial charge in [-0.3, -0.25) is 4.79 Å². The van der Waals surface area contributed by atoms with Crippen molar-refractivity contribution in [2.45, 2.75) is 19.0 Å². The number of hydrogen-bond donors (Lipinski definition) is 0. The van der Waals surface area contributed by atoms with Gasteiger partial charge in [-0.2, -0.15) is 0 Å². The van der Waals surface area contributed by atoms with E-state index in [1.807, 2.05) is 66.9 Å². The molecule has 134 valence electrons. The first-order valence-electron chi connectivity index (χ1n) is 9.06. The molecule has 1 aliphatic rings. The highest BCUT2D eigenvalue weighted by atomic mass is 35.5. The van der Waals surface area contributed by atoms with E-state index in [2.05, 4.69) is 29.2 Å². The van der Waals surface area contributed by atoms with Crippen LogP contribution in [-0.2, 0) is 11.3 Å². The van der Waals surface area contributed by atoms with Gasteiger partial charge in [-0.05, 0) is 28.8 Å². The topological polar surface area (TPSA) is 20.3 Å². The Kier molecular flexibility index (Phi) is 5.08. The number of ketones is 1. The molecule has 0 N–H and O–H groups in total. The third-order valence-corrected chi connectivity index (χ3v) is 5.17. The average Bonchev–Trinajstić information content (AvgIpc) is 2.71. The Morgan fingerprint density at radius 3 is 2.15 bits per heavy atom. The molecule has 1 atom stereocenters. The van der Waals surface area contributed by atoms with Gasteiger partial charge in [0.2, 0.25) is 0 Å². The van der Waals surface area contributed by atoms with Crippen molar-refractivity contribution in [1.82, 2.24) is 4.90 Å². The Morgan fingerprint density at radius 2 is 1.48 bits per heavy atom. The maximum atomic E-state index is 12.9. The molecule has 0 spiro atoms. The second-order valence-corrected chi connectivity index (χ2v) is 7.20. The zero-order valence-corrected chi connectivity index (χ0v) is 15.6. The van der Waals surface area contributed by atoms with Crippen molar-refractivity contribution in [2.75, 3.05) is 0 Å². The summed E-state index contributed by atoms with van der Waals surface area (Å²) in [5.41, 5.74) is 4.04. The van der Waals surface area contributed by atoms with E-state index in [1.54, 1.807) is 0 Å². The first-order chi connectivity index (χ1) is 13.2. The Morgan fingerprint density at radius 1 is 0.852 bits per heavy atom. The summed E-state index contributed by atoms with van der Waals surface area (Å²) < 4.78 is 0. The van der Waals surface area contributed by atoms with Gasteiger partial charge < -0.3 is 4.90 Å². The van der Waals surface area contributed by atoms with Crippen LogP contribution in [0.2, 0.25) is 5.02 Å². The molecular formula is C24H20ClNO. The lowest BCUT2D eigenvalue weighted by Crippen LogP contribution is -2.30. The fraction of sp³-hybridized carbons (Fsp3) is 0.125. The lowest BCUT2D eigenvalue weighted by atomic mass is 9.90. The number of carbonyl (C=O) groups is 1. The SMILES string of the molecule is O=C1C[C@H](c2ccccc2)N(Cc2ccccc2)C=C1c1ccc(Cl)cc1. The van der Waals surface area contributed by atoms with Gasteiger partial charge in [0, 0.05) is 29.8 Å². The Bertz CT molecular complexity index is 949. The van der Waals surface area contributed by atoms with Crippen LogP contribution in [-0.4, -0.2) is 10.7 Å². The number of benzene rings is 3. The monoisotopic (exact) mass is 373 g/mol. The molecule has 3 heteroatoms. The zero-order chi connectivity index (χ0) is 18.6. The van der Waals surface area contributed by atoms with Crippen LogP contribution in [0.5, 0.6) is 0 Å². The van der Waals surface area contributed by atoms with E-state index in [4.69, 9.17) is 11.6 Å². The van der Waals surface area contributed by atoms with Crippen molar-refractivity contribution in [1.29, 1.82) is 0 Å². The van der Waals surface area contributed by atoms with Crippen molar-refractivity contribution in [3.05, 3.63) is 113 Å². The Labute approximate surface area is 164 Å². The fourth-order valence-electron chi connectivity index (χ4n) is 3.53. The van der Waals surface area contributed by atoms with Crippen molar-refractivity contribution in [2.24, 2.45) is 0 Å². The van der Waals surface area contributed by atoms with E-state index < -0.39 is 0 Å². The molecule has 0 aromatic heterocycles. The fourth-order valence-corrected chi connectivity index (χ4v) is 3.66. The maximum absolute atomic E-state index is 12.9. The molecular weight excluding hydrogens is 354 g/mol. The van der Waals surface area contributed by atoms with Gasteiger partial charge in [-0.1, -0.05) is 84.4 Å². The molecule has 0 bridgehead atoms. The maximum Gasteiger partial charge on any atom is 0.167 e. The molecule has 0 saturated carbocycles. The van der Waals surface area contributed by atoms with E-state index in [0.29, 0.717) is 11.4 Å². The third-order valence-electron chi connectivity index (χ3n) is 4.92. The number of Topliss-reactive ketones (excluding diaryl/α,β-unsaturated/α-hetero) is 1. The first-order valence-corrected chi connectivity index (χ1v) is 9.44. The largest absolute Gasteiger partial charge is 0.365 e. The quantitative estimate of drug-likeness (QED) is 0.567. The lowest BCUT2D eigenvalue weighted by Gasteiger charge is -2.35. The van der Waals surface area contributed by atoms with Gasteiger partial charge in [0.25, 0.3) is 0 Å². The van der Waals surface area contributed by atoms with Crippen molar-refractivity contribution in [3.63, 3.8) is 0 Å². The number of hydrogen-bond acceptors (Lipinski definition) is 2. The van der Waals surface area contributed by atoms with Crippen LogP contribution in [0, 0.1) is 0 Å². The molecule has 3 aromatic carbocycles. The lowest BCUT2D eigenvalue weighted by molar-refractivity contribution is -0.115. The molecule has 27 heavy (non-hydrogen) atoms.